The van der Waals surface area contributed by atoms with E-state index < -0.39 is 0 Å². The van der Waals surface area contributed by atoms with Crippen molar-refractivity contribution in [3.63, 3.8) is 0 Å². The van der Waals surface area contributed by atoms with Crippen molar-refractivity contribution in [1.29, 1.82) is 0 Å². The highest BCUT2D eigenvalue weighted by molar-refractivity contribution is 7.09. The Labute approximate surface area is 131 Å². The van der Waals surface area contributed by atoms with E-state index in [1.807, 2.05) is 0 Å². The molecule has 3 nitrogen and oxygen atoms in total. The number of thiazole rings is 1. The van der Waals surface area contributed by atoms with Gasteiger partial charge < -0.3 is 4.90 Å². The second-order valence-electron chi connectivity index (χ2n) is 5.97. The van der Waals surface area contributed by atoms with Gasteiger partial charge in [0, 0.05) is 38.1 Å². The van der Waals surface area contributed by atoms with Crippen LogP contribution >= 0.6 is 22.9 Å². The van der Waals surface area contributed by atoms with Gasteiger partial charge in [0.05, 0.1) is 17.6 Å². The highest BCUT2D eigenvalue weighted by atomic mass is 35.5. The number of aromatic nitrogens is 1. The van der Waals surface area contributed by atoms with Crippen LogP contribution in [0.4, 0.5) is 0 Å². The Bertz CT molecular complexity index is 400. The summed E-state index contributed by atoms with van der Waals surface area (Å²) in [6.07, 6.45) is 1.12. The zero-order valence-corrected chi connectivity index (χ0v) is 14.4. The fourth-order valence-electron chi connectivity index (χ4n) is 2.90. The van der Waals surface area contributed by atoms with Crippen LogP contribution in [0.1, 0.15) is 43.9 Å². The van der Waals surface area contributed by atoms with Gasteiger partial charge in [-0.1, -0.05) is 20.8 Å². The second-order valence-corrected chi connectivity index (χ2v) is 7.12. The highest BCUT2D eigenvalue weighted by Gasteiger charge is 2.25. The summed E-state index contributed by atoms with van der Waals surface area (Å²) in [5.74, 6) is 1.28. The van der Waals surface area contributed by atoms with E-state index >= 15 is 0 Å². The van der Waals surface area contributed by atoms with E-state index in [0.29, 0.717) is 11.9 Å². The lowest BCUT2D eigenvalue weighted by Gasteiger charge is -2.39. The first-order valence-electron chi connectivity index (χ1n) is 7.60. The maximum absolute atomic E-state index is 5.87. The molecule has 0 bridgehead atoms. The monoisotopic (exact) mass is 315 g/mol. The molecule has 0 aromatic carbocycles. The number of alkyl halides is 1. The number of hydrogen-bond acceptors (Lipinski definition) is 4. The first kappa shape index (κ1) is 16.2. The molecular formula is C15H26ClN3S. The lowest BCUT2D eigenvalue weighted by atomic mass is 10.1. The summed E-state index contributed by atoms with van der Waals surface area (Å²) in [6.45, 7) is 12.7. The van der Waals surface area contributed by atoms with Crippen LogP contribution in [0.5, 0.6) is 0 Å². The van der Waals surface area contributed by atoms with Crippen LogP contribution in [-0.4, -0.2) is 47.5 Å². The molecule has 0 N–H and O–H groups in total. The van der Waals surface area contributed by atoms with Crippen LogP contribution in [0.3, 0.4) is 0 Å². The van der Waals surface area contributed by atoms with Crippen molar-refractivity contribution in [2.45, 2.75) is 39.1 Å². The normalized spacial score (nSPS) is 19.6. The van der Waals surface area contributed by atoms with E-state index in [0.717, 1.165) is 31.1 Å². The number of halogens is 1. The van der Waals surface area contributed by atoms with Gasteiger partial charge in [0.15, 0.2) is 0 Å². The molecule has 0 radical (unpaired) electrons. The molecule has 0 saturated carbocycles. The minimum absolute atomic E-state index is 0.471. The molecule has 0 amide bonds. The van der Waals surface area contributed by atoms with Gasteiger partial charge in [-0.2, -0.15) is 0 Å². The molecule has 2 rings (SSSR count). The Morgan fingerprint density at radius 2 is 2.00 bits per heavy atom. The minimum Gasteiger partial charge on any atom is -0.301 e. The Kier molecular flexibility index (Phi) is 6.27. The zero-order valence-electron chi connectivity index (χ0n) is 12.8. The largest absolute Gasteiger partial charge is 0.301 e. The lowest BCUT2D eigenvalue weighted by molar-refractivity contribution is 0.0868. The lowest BCUT2D eigenvalue weighted by Crippen LogP contribution is -2.48. The molecule has 0 spiro atoms. The average Bonchev–Trinajstić information content (AvgIpc) is 2.90. The summed E-state index contributed by atoms with van der Waals surface area (Å²) in [6, 6.07) is 0.471. The highest BCUT2D eigenvalue weighted by Crippen LogP contribution is 2.28. The molecule has 1 aliphatic rings. The molecule has 1 saturated heterocycles. The minimum atomic E-state index is 0.471. The number of hydrogen-bond donors (Lipinski definition) is 0. The molecule has 1 atom stereocenters. The van der Waals surface area contributed by atoms with Crippen molar-refractivity contribution < 1.29 is 0 Å². The molecule has 1 fully saturated rings. The Morgan fingerprint density at radius 1 is 1.30 bits per heavy atom. The van der Waals surface area contributed by atoms with Gasteiger partial charge in [-0.3, -0.25) is 4.90 Å². The predicted molar refractivity (Wildman–Crippen MR) is 87.6 cm³/mol. The van der Waals surface area contributed by atoms with Crippen LogP contribution in [0.25, 0.3) is 0 Å². The zero-order chi connectivity index (χ0) is 14.5. The fourth-order valence-corrected chi connectivity index (χ4v) is 4.16. The van der Waals surface area contributed by atoms with Gasteiger partial charge in [-0.05, 0) is 12.3 Å². The van der Waals surface area contributed by atoms with Crippen LogP contribution < -0.4 is 0 Å². The molecule has 114 valence electrons. The van der Waals surface area contributed by atoms with Gasteiger partial charge >= 0.3 is 0 Å². The molecule has 0 aliphatic carbocycles. The average molecular weight is 316 g/mol. The summed E-state index contributed by atoms with van der Waals surface area (Å²) in [5, 5.41) is 3.33. The molecule has 5 heteroatoms. The summed E-state index contributed by atoms with van der Waals surface area (Å²) in [5.41, 5.74) is 1.02. The summed E-state index contributed by atoms with van der Waals surface area (Å²) >= 11 is 7.63. The maximum Gasteiger partial charge on any atom is 0.110 e. The standard InChI is InChI=1S/C15H26ClN3S/c1-4-14(15-17-13(9-16)11-20-15)19-7-5-18(6-8-19)10-12(2)3/h11-12,14H,4-10H2,1-3H3. The molecule has 20 heavy (non-hydrogen) atoms. The molecule has 1 aliphatic heterocycles. The summed E-state index contributed by atoms with van der Waals surface area (Å²) in [4.78, 5) is 9.85. The van der Waals surface area contributed by atoms with Crippen molar-refractivity contribution in [3.05, 3.63) is 16.1 Å². The van der Waals surface area contributed by atoms with Gasteiger partial charge in [-0.15, -0.1) is 22.9 Å². The molecule has 1 aromatic rings. The van der Waals surface area contributed by atoms with Crippen LogP contribution in [0.15, 0.2) is 5.38 Å². The smallest absolute Gasteiger partial charge is 0.110 e. The first-order valence-corrected chi connectivity index (χ1v) is 9.02. The van der Waals surface area contributed by atoms with Crippen LogP contribution in [0, 0.1) is 5.92 Å². The maximum atomic E-state index is 5.87. The third-order valence-electron chi connectivity index (χ3n) is 3.85. The summed E-state index contributed by atoms with van der Waals surface area (Å²) < 4.78 is 0. The van der Waals surface area contributed by atoms with E-state index in [1.165, 1.54) is 24.6 Å². The van der Waals surface area contributed by atoms with Crippen molar-refractivity contribution in [1.82, 2.24) is 14.8 Å². The fraction of sp³-hybridized carbons (Fsp3) is 0.800. The van der Waals surface area contributed by atoms with E-state index in [2.05, 4.69) is 40.9 Å². The first-order chi connectivity index (χ1) is 9.63. The second kappa shape index (κ2) is 7.74. The molecule has 1 unspecified atom stereocenters. The van der Waals surface area contributed by atoms with Gasteiger partial charge in [-0.25, -0.2) is 4.98 Å². The van der Waals surface area contributed by atoms with Gasteiger partial charge in [0.25, 0.3) is 0 Å². The quantitative estimate of drug-likeness (QED) is 0.748. The van der Waals surface area contributed by atoms with Crippen molar-refractivity contribution >= 4 is 22.9 Å². The van der Waals surface area contributed by atoms with Gasteiger partial charge in [0.2, 0.25) is 0 Å². The van der Waals surface area contributed by atoms with Crippen LogP contribution in [-0.2, 0) is 5.88 Å². The van der Waals surface area contributed by atoms with E-state index in [4.69, 9.17) is 11.6 Å². The van der Waals surface area contributed by atoms with Crippen LogP contribution in [0.2, 0.25) is 0 Å². The SMILES string of the molecule is CCC(c1nc(CCl)cs1)N1CCN(CC(C)C)CC1. The third kappa shape index (κ3) is 4.17. The Morgan fingerprint density at radius 3 is 2.50 bits per heavy atom. The Balaban J connectivity index is 1.93. The van der Waals surface area contributed by atoms with Crippen molar-refractivity contribution in [2.24, 2.45) is 5.92 Å². The molecule has 2 heterocycles. The Hall–Kier alpha value is -0.160. The van der Waals surface area contributed by atoms with Gasteiger partial charge in [0.1, 0.15) is 5.01 Å². The van der Waals surface area contributed by atoms with Crippen molar-refractivity contribution in [3.8, 4) is 0 Å². The van der Waals surface area contributed by atoms with E-state index in [-0.39, 0.29) is 0 Å². The summed E-state index contributed by atoms with van der Waals surface area (Å²) in [7, 11) is 0. The number of nitrogens with zero attached hydrogens (tertiary/aromatic N) is 3. The van der Waals surface area contributed by atoms with Crippen molar-refractivity contribution in [2.75, 3.05) is 32.7 Å². The molecule has 1 aromatic heterocycles. The number of rotatable bonds is 6. The van der Waals surface area contributed by atoms with E-state index in [9.17, 15) is 0 Å². The predicted octanol–water partition coefficient (Wildman–Crippen LogP) is 3.61. The van der Waals surface area contributed by atoms with E-state index in [1.54, 1.807) is 11.3 Å². The molecular weight excluding hydrogens is 290 g/mol. The topological polar surface area (TPSA) is 19.4 Å². The third-order valence-corrected chi connectivity index (χ3v) is 5.12. The number of piperazine rings is 1.